The van der Waals surface area contributed by atoms with Gasteiger partial charge in [0, 0.05) is 131 Å². The van der Waals surface area contributed by atoms with Gasteiger partial charge in [0.2, 0.25) is 0 Å². The summed E-state index contributed by atoms with van der Waals surface area (Å²) < 4.78 is 33.8. The molecule has 0 aliphatic rings. The summed E-state index contributed by atoms with van der Waals surface area (Å²) in [6, 6.07) is 179. The minimum Gasteiger partial charge on any atom is -0.456 e. The van der Waals surface area contributed by atoms with Crippen LogP contribution >= 0.6 is 0 Å². The Bertz CT molecular complexity index is 10900. The van der Waals surface area contributed by atoms with Gasteiger partial charge in [0.25, 0.3) is 0 Å². The average Bonchev–Trinajstić information content (AvgIpc) is 1.55. The van der Waals surface area contributed by atoms with Gasteiger partial charge in [-0.25, -0.2) is 0 Å². The fourth-order valence-corrected chi connectivity index (χ4v) is 23.3. The van der Waals surface area contributed by atoms with E-state index in [0.717, 1.165) is 111 Å². The molecule has 0 unspecified atom stereocenters. The highest BCUT2D eigenvalue weighted by Gasteiger charge is 2.27. The third kappa shape index (κ3) is 12.6. The van der Waals surface area contributed by atoms with E-state index in [-0.39, 0.29) is 0 Å². The third-order valence-electron chi connectivity index (χ3n) is 29.8. The van der Waals surface area contributed by atoms with Gasteiger partial charge in [0.15, 0.2) is 0 Å². The van der Waals surface area contributed by atoms with E-state index < -0.39 is 0 Å². The van der Waals surface area contributed by atoms with Gasteiger partial charge in [-0.2, -0.15) is 0 Å². The summed E-state index contributed by atoms with van der Waals surface area (Å²) >= 11 is 0. The molecule has 143 heavy (non-hydrogen) atoms. The molecule has 666 valence electrons. The predicted molar refractivity (Wildman–Crippen MR) is 599 cm³/mol. The Morgan fingerprint density at radius 1 is 0.105 bits per heavy atom. The van der Waals surface area contributed by atoms with Crippen LogP contribution in [0.5, 0.6) is 0 Å². The molecule has 9 heterocycles. The van der Waals surface area contributed by atoms with Crippen LogP contribution in [-0.4, -0.2) is 27.4 Å². The molecule has 0 atom stereocenters. The molecule has 0 amide bonds. The smallest absolute Gasteiger partial charge is 0.136 e. The Labute approximate surface area is 818 Å². The van der Waals surface area contributed by atoms with Gasteiger partial charge in [-0.15, -0.1) is 0 Å². The number of nitrogens with zero attached hydrogens (tertiary/aromatic N) is 6. The van der Waals surface area contributed by atoms with Crippen molar-refractivity contribution in [1.29, 1.82) is 0 Å². The van der Waals surface area contributed by atoms with E-state index in [0.29, 0.717) is 0 Å². The molecule has 32 aromatic rings. The predicted octanol–water partition coefficient (Wildman–Crippen LogP) is 36.6. The first-order chi connectivity index (χ1) is 70.9. The molecular weight excluding hydrogens is 1740 g/mol. The first-order valence-corrected chi connectivity index (χ1v) is 48.9. The van der Waals surface area contributed by atoms with E-state index in [2.05, 4.69) is 513 Å². The van der Waals surface area contributed by atoms with E-state index >= 15 is 0 Å². The largest absolute Gasteiger partial charge is 0.456 e. The zero-order valence-corrected chi connectivity index (χ0v) is 77.3. The second-order valence-corrected chi connectivity index (χ2v) is 37.8. The van der Waals surface area contributed by atoms with E-state index in [4.69, 9.17) is 13.3 Å². The van der Waals surface area contributed by atoms with Crippen LogP contribution in [0.25, 0.3) is 286 Å². The number of furan rings is 3. The lowest BCUT2D eigenvalue weighted by atomic mass is 10.0. The van der Waals surface area contributed by atoms with E-state index in [1.807, 2.05) is 12.1 Å². The van der Waals surface area contributed by atoms with Gasteiger partial charge < -0.3 is 40.7 Å². The molecule has 9 nitrogen and oxygen atoms in total. The standard InChI is InChI=1S/C48H30N2O.C46H28N2O.C40H24N2O/c1-4-13-31(14-5-1)33-17-12-20-36(25-33)50-43-22-11-10-21-37(43)38-27-39-40-29-48-42(41-26-34(23-24-47(41)51-48)32-15-6-2-7-16-32)28-44(40)49(46(39)30-45(38)50)35-18-8-3-9-19-35;1-2-12-33(13-3-1)48-42-26-40-36-15-7-9-17-45(36)49-46(40)27-39(42)38-25-37-35-14-6-8-16-41(35)47(43(37)28-44(38)48)34-22-20-30(21-23-34)32-19-18-29-10-4-5-11-31(29)24-32;1-2-12-27(13-3-1)41-36-22-34-30-15-7-9-17-39(30)43-40(34)23-33(36)32-21-31-29-14-6-8-16-35(29)42(37(31)24-38(32)41)28-19-18-25-10-4-5-11-26(25)20-28/h1-30H;1-28H;1-24H. The molecule has 0 radical (unpaired) electrons. The van der Waals surface area contributed by atoms with E-state index in [1.165, 1.54) is 175 Å². The molecule has 23 aromatic carbocycles. The number of fused-ring (bicyclic) bond motifs is 29. The monoisotopic (exact) mass is 1820 g/mol. The third-order valence-corrected chi connectivity index (χ3v) is 29.8. The molecule has 32 rings (SSSR count). The van der Waals surface area contributed by atoms with Crippen molar-refractivity contribution in [2.75, 3.05) is 0 Å². The lowest BCUT2D eigenvalue weighted by Crippen LogP contribution is -1.96. The van der Waals surface area contributed by atoms with E-state index in [9.17, 15) is 0 Å². The van der Waals surface area contributed by atoms with Crippen molar-refractivity contribution >= 4 is 218 Å². The first-order valence-electron chi connectivity index (χ1n) is 48.9. The van der Waals surface area contributed by atoms with Crippen molar-refractivity contribution in [1.82, 2.24) is 27.4 Å². The van der Waals surface area contributed by atoms with Crippen molar-refractivity contribution in [3.8, 4) is 67.5 Å². The highest BCUT2D eigenvalue weighted by molar-refractivity contribution is 6.27. The molecule has 0 saturated heterocycles. The Balaban J connectivity index is 0.000000100. The van der Waals surface area contributed by atoms with Crippen LogP contribution in [0.15, 0.2) is 511 Å². The summed E-state index contributed by atoms with van der Waals surface area (Å²) in [6.45, 7) is 0. The Morgan fingerprint density at radius 2 is 0.364 bits per heavy atom. The van der Waals surface area contributed by atoms with Crippen LogP contribution in [0.4, 0.5) is 0 Å². The number of rotatable bonds is 9. The molecule has 0 fully saturated rings. The van der Waals surface area contributed by atoms with Crippen molar-refractivity contribution in [2.24, 2.45) is 0 Å². The Hall–Kier alpha value is -19.2. The summed E-state index contributed by atoms with van der Waals surface area (Å²) in [5, 5.41) is 26.4. The van der Waals surface area contributed by atoms with Crippen LogP contribution in [-0.2, 0) is 0 Å². The summed E-state index contributed by atoms with van der Waals surface area (Å²) in [5.74, 6) is 0. The summed E-state index contributed by atoms with van der Waals surface area (Å²) in [4.78, 5) is 0. The number of benzene rings is 23. The minimum absolute atomic E-state index is 0.898. The highest BCUT2D eigenvalue weighted by atomic mass is 16.3. The molecule has 9 aromatic heterocycles. The second-order valence-electron chi connectivity index (χ2n) is 37.8. The summed E-state index contributed by atoms with van der Waals surface area (Å²) in [6.07, 6.45) is 0. The maximum atomic E-state index is 6.57. The molecule has 9 heteroatoms. The normalized spacial score (nSPS) is 12.1. The fourth-order valence-electron chi connectivity index (χ4n) is 23.3. The number of hydrogen-bond acceptors (Lipinski definition) is 3. The number of aromatic nitrogens is 6. The van der Waals surface area contributed by atoms with Gasteiger partial charge in [-0.05, 0) is 249 Å². The zero-order chi connectivity index (χ0) is 93.6. The first kappa shape index (κ1) is 79.9. The van der Waals surface area contributed by atoms with Gasteiger partial charge in [-0.1, -0.05) is 303 Å². The molecule has 0 aliphatic carbocycles. The van der Waals surface area contributed by atoms with Crippen LogP contribution < -0.4 is 0 Å². The van der Waals surface area contributed by atoms with Gasteiger partial charge in [0.05, 0.1) is 66.2 Å². The lowest BCUT2D eigenvalue weighted by Gasteiger charge is -2.11. The molecule has 0 aliphatic heterocycles. The SMILES string of the molecule is c1ccc(-c2cccc(-n3c4ccccc4c4cc5c6cc7oc8ccc(-c9ccccc9)cc8c7cc6n(-c6ccccc6)c5cc43)c2)cc1.c1ccc(-n2c3cc4c(cc3c3cc5c6ccccc6n(-c6ccc(-c7ccc8ccccc8c7)cc6)c5cc32)oc2ccccc24)cc1.c1ccc(-n2c3cc4c(cc3c3cc5c6ccccc6n(-c6ccc7ccccc7c6)c5cc32)oc2ccccc24)cc1. The summed E-state index contributed by atoms with van der Waals surface area (Å²) in [7, 11) is 0. The van der Waals surface area contributed by atoms with Gasteiger partial charge in [0.1, 0.15) is 33.5 Å². The van der Waals surface area contributed by atoms with Crippen LogP contribution in [0.3, 0.4) is 0 Å². The molecule has 0 spiro atoms. The van der Waals surface area contributed by atoms with Crippen molar-refractivity contribution in [2.45, 2.75) is 0 Å². The van der Waals surface area contributed by atoms with Gasteiger partial charge in [-0.3, -0.25) is 0 Å². The van der Waals surface area contributed by atoms with Gasteiger partial charge >= 0.3 is 0 Å². The quantitative estimate of drug-likeness (QED) is 0.145. The molecule has 0 N–H and O–H groups in total. The lowest BCUT2D eigenvalue weighted by molar-refractivity contribution is 0.669. The maximum absolute atomic E-state index is 6.57. The van der Waals surface area contributed by atoms with Crippen molar-refractivity contribution in [3.63, 3.8) is 0 Å². The highest BCUT2D eigenvalue weighted by Crippen LogP contribution is 2.49. The number of hydrogen-bond donors (Lipinski definition) is 0. The summed E-state index contributed by atoms with van der Waals surface area (Å²) in [5.41, 5.74) is 33.7. The second kappa shape index (κ2) is 31.7. The topological polar surface area (TPSA) is 69.0 Å². The zero-order valence-electron chi connectivity index (χ0n) is 77.3. The van der Waals surface area contributed by atoms with Crippen molar-refractivity contribution < 1.29 is 13.3 Å². The van der Waals surface area contributed by atoms with Crippen LogP contribution in [0, 0.1) is 0 Å². The minimum atomic E-state index is 0.898. The molecule has 0 saturated carbocycles. The van der Waals surface area contributed by atoms with E-state index in [1.54, 1.807) is 0 Å². The maximum Gasteiger partial charge on any atom is 0.136 e. The number of para-hydroxylation sites is 8. The average molecular weight is 1820 g/mol. The molecular formula is C134H82N6O3. The Morgan fingerprint density at radius 3 is 0.811 bits per heavy atom. The van der Waals surface area contributed by atoms with Crippen LogP contribution in [0.2, 0.25) is 0 Å². The van der Waals surface area contributed by atoms with Crippen LogP contribution in [0.1, 0.15) is 0 Å². The van der Waals surface area contributed by atoms with Crippen molar-refractivity contribution in [3.05, 3.63) is 497 Å². The Kier molecular flexibility index (Phi) is 17.7. The molecule has 0 bridgehead atoms. The fraction of sp³-hybridized carbons (Fsp3) is 0.